The van der Waals surface area contributed by atoms with E-state index in [0.717, 1.165) is 29.2 Å². The molecule has 4 nitrogen and oxygen atoms in total. The Morgan fingerprint density at radius 2 is 1.73 bits per heavy atom. The van der Waals surface area contributed by atoms with Crippen molar-refractivity contribution in [3.63, 3.8) is 0 Å². The van der Waals surface area contributed by atoms with Gasteiger partial charge in [-0.3, -0.25) is 4.79 Å². The van der Waals surface area contributed by atoms with Crippen LogP contribution in [-0.2, 0) is 6.42 Å². The Morgan fingerprint density at radius 3 is 2.38 bits per heavy atom. The molecule has 0 unspecified atom stereocenters. The number of hydrogen-bond donors (Lipinski definition) is 1. The predicted molar refractivity (Wildman–Crippen MR) is 106 cm³/mol. The van der Waals surface area contributed by atoms with Crippen molar-refractivity contribution in [3.05, 3.63) is 77.1 Å². The van der Waals surface area contributed by atoms with Crippen LogP contribution in [0.1, 0.15) is 47.1 Å². The van der Waals surface area contributed by atoms with Gasteiger partial charge < -0.3 is 5.32 Å². The number of aromatic nitrogens is 2. The van der Waals surface area contributed by atoms with Crippen LogP contribution in [0.3, 0.4) is 0 Å². The molecule has 1 aromatic heterocycles. The number of nitrogens with zero attached hydrogens (tertiary/aromatic N) is 2. The van der Waals surface area contributed by atoms with E-state index in [-0.39, 0.29) is 5.91 Å². The highest BCUT2D eigenvalue weighted by Gasteiger charge is 2.19. The predicted octanol–water partition coefficient (Wildman–Crippen LogP) is 5.08. The van der Waals surface area contributed by atoms with Gasteiger partial charge in [-0.1, -0.05) is 43.7 Å². The number of aryl methyl sites for hydroxylation is 2. The molecule has 0 saturated heterocycles. The number of carbonyl (C=O) groups excluding carboxylic acids is 1. The number of anilines is 1. The molecule has 2 aromatic carbocycles. The second-order valence-corrected chi connectivity index (χ2v) is 6.55. The van der Waals surface area contributed by atoms with Crippen LogP contribution in [-0.4, -0.2) is 15.7 Å². The summed E-state index contributed by atoms with van der Waals surface area (Å²) in [6.45, 7) is 5.99. The number of nitrogens with one attached hydrogen (secondary N) is 1. The summed E-state index contributed by atoms with van der Waals surface area (Å²) in [6, 6.07) is 18.0. The Bertz CT molecular complexity index is 880. The normalized spacial score (nSPS) is 10.7. The summed E-state index contributed by atoms with van der Waals surface area (Å²) in [6.07, 6.45) is 3.44. The molecule has 134 valence electrons. The van der Waals surface area contributed by atoms with E-state index in [1.54, 1.807) is 0 Å². The third-order valence-corrected chi connectivity index (χ3v) is 4.55. The van der Waals surface area contributed by atoms with Gasteiger partial charge in [-0.25, -0.2) is 4.68 Å². The van der Waals surface area contributed by atoms with Crippen LogP contribution in [0, 0.1) is 13.8 Å². The molecule has 0 atom stereocenters. The zero-order valence-electron chi connectivity index (χ0n) is 15.6. The SMILES string of the molecule is CCCCc1ccc(NC(=O)c2c(C)nn(-c3ccccc3)c2C)cc1. The highest BCUT2D eigenvalue weighted by Crippen LogP contribution is 2.20. The van der Waals surface area contributed by atoms with Gasteiger partial charge in [-0.2, -0.15) is 5.10 Å². The fraction of sp³-hybridized carbons (Fsp3) is 0.273. The second-order valence-electron chi connectivity index (χ2n) is 6.55. The number of rotatable bonds is 6. The molecule has 0 spiro atoms. The Labute approximate surface area is 154 Å². The molecule has 0 saturated carbocycles. The van der Waals surface area contributed by atoms with Gasteiger partial charge in [0.05, 0.1) is 22.6 Å². The highest BCUT2D eigenvalue weighted by molar-refractivity contribution is 6.05. The summed E-state index contributed by atoms with van der Waals surface area (Å²) in [5.74, 6) is -0.122. The first-order valence-electron chi connectivity index (χ1n) is 9.12. The lowest BCUT2D eigenvalue weighted by Crippen LogP contribution is -2.14. The molecule has 0 aliphatic heterocycles. The summed E-state index contributed by atoms with van der Waals surface area (Å²) < 4.78 is 1.82. The van der Waals surface area contributed by atoms with E-state index < -0.39 is 0 Å². The molecule has 3 aromatic rings. The van der Waals surface area contributed by atoms with Gasteiger partial charge in [-0.05, 0) is 56.5 Å². The number of benzene rings is 2. The Morgan fingerprint density at radius 1 is 1.04 bits per heavy atom. The largest absolute Gasteiger partial charge is 0.322 e. The van der Waals surface area contributed by atoms with Crippen LogP contribution in [0.4, 0.5) is 5.69 Å². The quantitative estimate of drug-likeness (QED) is 0.675. The molecule has 0 aliphatic carbocycles. The fourth-order valence-electron chi connectivity index (χ4n) is 3.12. The van der Waals surface area contributed by atoms with Crippen LogP contribution in [0.2, 0.25) is 0 Å². The first-order valence-corrected chi connectivity index (χ1v) is 9.12. The molecular weight excluding hydrogens is 322 g/mol. The molecule has 4 heteroatoms. The Balaban J connectivity index is 1.79. The van der Waals surface area contributed by atoms with Crippen LogP contribution in [0.15, 0.2) is 54.6 Å². The van der Waals surface area contributed by atoms with E-state index in [1.165, 1.54) is 18.4 Å². The minimum absolute atomic E-state index is 0.122. The van der Waals surface area contributed by atoms with Gasteiger partial charge in [0.25, 0.3) is 5.91 Å². The number of para-hydroxylation sites is 1. The average molecular weight is 347 g/mol. The van der Waals surface area contributed by atoms with Crippen molar-refractivity contribution >= 4 is 11.6 Å². The smallest absolute Gasteiger partial charge is 0.259 e. The lowest BCUT2D eigenvalue weighted by molar-refractivity contribution is 0.102. The van der Waals surface area contributed by atoms with E-state index in [9.17, 15) is 4.79 Å². The number of carbonyl (C=O) groups is 1. The first-order chi connectivity index (χ1) is 12.6. The third kappa shape index (κ3) is 3.85. The van der Waals surface area contributed by atoms with Crippen molar-refractivity contribution in [2.45, 2.75) is 40.0 Å². The zero-order valence-corrected chi connectivity index (χ0v) is 15.6. The molecule has 1 heterocycles. The molecule has 0 aliphatic rings. The van der Waals surface area contributed by atoms with Crippen molar-refractivity contribution in [1.82, 2.24) is 9.78 Å². The van der Waals surface area contributed by atoms with E-state index in [1.807, 2.05) is 61.0 Å². The molecule has 0 radical (unpaired) electrons. The van der Waals surface area contributed by atoms with Gasteiger partial charge in [0.15, 0.2) is 0 Å². The number of hydrogen-bond acceptors (Lipinski definition) is 2. The average Bonchev–Trinajstić information content (AvgIpc) is 2.96. The molecule has 1 amide bonds. The topological polar surface area (TPSA) is 46.9 Å². The molecular formula is C22H25N3O. The van der Waals surface area contributed by atoms with Crippen LogP contribution < -0.4 is 5.32 Å². The van der Waals surface area contributed by atoms with Gasteiger partial charge in [0.1, 0.15) is 0 Å². The van der Waals surface area contributed by atoms with Gasteiger partial charge in [0, 0.05) is 5.69 Å². The summed E-state index contributed by atoms with van der Waals surface area (Å²) in [4.78, 5) is 12.8. The number of unbranched alkanes of at least 4 members (excludes halogenated alkanes) is 1. The molecule has 0 fully saturated rings. The minimum Gasteiger partial charge on any atom is -0.322 e. The molecule has 26 heavy (non-hydrogen) atoms. The lowest BCUT2D eigenvalue weighted by atomic mass is 10.1. The first kappa shape index (κ1) is 17.9. The van der Waals surface area contributed by atoms with Crippen molar-refractivity contribution in [1.29, 1.82) is 0 Å². The Hall–Kier alpha value is -2.88. The summed E-state index contributed by atoms with van der Waals surface area (Å²) >= 11 is 0. The maximum Gasteiger partial charge on any atom is 0.259 e. The van der Waals surface area contributed by atoms with Crippen molar-refractivity contribution in [2.75, 3.05) is 5.32 Å². The summed E-state index contributed by atoms with van der Waals surface area (Å²) in [7, 11) is 0. The lowest BCUT2D eigenvalue weighted by Gasteiger charge is -2.08. The van der Waals surface area contributed by atoms with E-state index in [0.29, 0.717) is 5.56 Å². The zero-order chi connectivity index (χ0) is 18.5. The minimum atomic E-state index is -0.122. The van der Waals surface area contributed by atoms with E-state index >= 15 is 0 Å². The monoisotopic (exact) mass is 347 g/mol. The van der Waals surface area contributed by atoms with Crippen LogP contribution in [0.5, 0.6) is 0 Å². The third-order valence-electron chi connectivity index (χ3n) is 4.55. The van der Waals surface area contributed by atoms with Crippen LogP contribution in [0.25, 0.3) is 5.69 Å². The van der Waals surface area contributed by atoms with Crippen molar-refractivity contribution in [2.24, 2.45) is 0 Å². The second kappa shape index (κ2) is 8.00. The molecule has 3 rings (SSSR count). The van der Waals surface area contributed by atoms with Crippen LogP contribution >= 0.6 is 0 Å². The van der Waals surface area contributed by atoms with Crippen molar-refractivity contribution in [3.8, 4) is 5.69 Å². The number of amides is 1. The van der Waals surface area contributed by atoms with E-state index in [2.05, 4.69) is 29.5 Å². The Kier molecular flexibility index (Phi) is 5.52. The van der Waals surface area contributed by atoms with Crippen molar-refractivity contribution < 1.29 is 4.79 Å². The molecule has 1 N–H and O–H groups in total. The van der Waals surface area contributed by atoms with Gasteiger partial charge >= 0.3 is 0 Å². The summed E-state index contributed by atoms with van der Waals surface area (Å²) in [5, 5.41) is 7.54. The van der Waals surface area contributed by atoms with E-state index in [4.69, 9.17) is 0 Å². The van der Waals surface area contributed by atoms with Gasteiger partial charge in [-0.15, -0.1) is 0 Å². The standard InChI is InChI=1S/C22H25N3O/c1-4-5-9-18-12-14-19(15-13-18)23-22(26)21-16(2)24-25(17(21)3)20-10-7-6-8-11-20/h6-8,10-15H,4-5,9H2,1-3H3,(H,23,26). The summed E-state index contributed by atoms with van der Waals surface area (Å²) in [5.41, 5.74) is 5.25. The maximum absolute atomic E-state index is 12.8. The van der Waals surface area contributed by atoms with Gasteiger partial charge in [0.2, 0.25) is 0 Å². The highest BCUT2D eigenvalue weighted by atomic mass is 16.1. The maximum atomic E-state index is 12.8. The molecule has 0 bridgehead atoms. The fourth-order valence-corrected chi connectivity index (χ4v) is 3.12.